The van der Waals surface area contributed by atoms with Crippen LogP contribution in [0, 0.1) is 0 Å². The van der Waals surface area contributed by atoms with Crippen LogP contribution >= 0.6 is 0 Å². The molecule has 1 atom stereocenters. The van der Waals surface area contributed by atoms with E-state index < -0.39 is 0 Å². The van der Waals surface area contributed by atoms with Crippen molar-refractivity contribution in [3.8, 4) is 0 Å². The fraction of sp³-hybridized carbons (Fsp3) is 0.467. The number of rotatable bonds is 8. The Kier molecular flexibility index (Phi) is 6.60. The maximum Gasteiger partial charge on any atom is 0.0721 e. The van der Waals surface area contributed by atoms with E-state index in [2.05, 4.69) is 50.0 Å². The van der Waals surface area contributed by atoms with E-state index in [1.165, 1.54) is 11.1 Å². The van der Waals surface area contributed by atoms with Crippen LogP contribution in [0.4, 0.5) is 0 Å². The van der Waals surface area contributed by atoms with Gasteiger partial charge in [-0.15, -0.1) is 6.58 Å². The summed E-state index contributed by atoms with van der Waals surface area (Å²) in [7, 11) is 0. The van der Waals surface area contributed by atoms with Crippen LogP contribution in [0.2, 0.25) is 0 Å². The molecule has 0 radical (unpaired) electrons. The number of nitrogens with one attached hydrogen (secondary N) is 1. The Morgan fingerprint density at radius 1 is 1.35 bits per heavy atom. The molecular weight excluding hydrogens is 210 g/mol. The largest absolute Gasteiger partial charge is 0.373 e. The summed E-state index contributed by atoms with van der Waals surface area (Å²) in [5, 5.41) is 3.37. The minimum atomic E-state index is 0.554. The third-order valence-corrected chi connectivity index (χ3v) is 2.75. The first kappa shape index (κ1) is 13.9. The lowest BCUT2D eigenvalue weighted by molar-refractivity contribution is 0.149. The van der Waals surface area contributed by atoms with Crippen molar-refractivity contribution < 1.29 is 4.74 Å². The number of likely N-dealkylation sites (N-methyl/N-ethyl adjacent to an activating group) is 1. The normalized spacial score (nSPS) is 12.4. The predicted octanol–water partition coefficient (Wildman–Crippen LogP) is 3.10. The summed E-state index contributed by atoms with van der Waals surface area (Å²) in [6.45, 7) is 11.3. The topological polar surface area (TPSA) is 21.3 Å². The van der Waals surface area contributed by atoms with Crippen molar-refractivity contribution >= 4 is 0 Å². The molecule has 0 aliphatic heterocycles. The first-order chi connectivity index (χ1) is 8.27. The summed E-state index contributed by atoms with van der Waals surface area (Å²) < 4.78 is 5.40. The van der Waals surface area contributed by atoms with E-state index in [0.29, 0.717) is 19.1 Å². The van der Waals surface area contributed by atoms with Crippen LogP contribution in [0.1, 0.15) is 30.9 Å². The van der Waals surface area contributed by atoms with Gasteiger partial charge in [-0.05, 0) is 23.6 Å². The van der Waals surface area contributed by atoms with Crippen LogP contribution in [0.5, 0.6) is 0 Å². The van der Waals surface area contributed by atoms with Gasteiger partial charge in [0.2, 0.25) is 0 Å². The zero-order valence-electron chi connectivity index (χ0n) is 10.9. The molecule has 0 saturated heterocycles. The maximum atomic E-state index is 5.40. The van der Waals surface area contributed by atoms with E-state index in [4.69, 9.17) is 4.74 Å². The molecule has 1 aromatic carbocycles. The standard InChI is InChI=1S/C15H23NO/c1-4-10-17-12-14-6-8-15(9-7-14)13(3)11-16-5-2/h4,6-9,13,16H,1,5,10-12H2,2-3H3. The fourth-order valence-corrected chi connectivity index (χ4v) is 1.68. The van der Waals surface area contributed by atoms with Gasteiger partial charge in [0.25, 0.3) is 0 Å². The fourth-order valence-electron chi connectivity index (χ4n) is 1.68. The van der Waals surface area contributed by atoms with Crippen LogP contribution in [0.25, 0.3) is 0 Å². The lowest BCUT2D eigenvalue weighted by atomic mass is 10.00. The van der Waals surface area contributed by atoms with E-state index in [-0.39, 0.29) is 0 Å². The zero-order chi connectivity index (χ0) is 12.5. The Hall–Kier alpha value is -1.12. The van der Waals surface area contributed by atoms with Crippen molar-refractivity contribution in [2.24, 2.45) is 0 Å². The average Bonchev–Trinajstić information content (AvgIpc) is 2.37. The van der Waals surface area contributed by atoms with Gasteiger partial charge in [0, 0.05) is 6.54 Å². The van der Waals surface area contributed by atoms with Gasteiger partial charge in [0.15, 0.2) is 0 Å². The summed E-state index contributed by atoms with van der Waals surface area (Å²) in [4.78, 5) is 0. The molecule has 0 heterocycles. The molecule has 17 heavy (non-hydrogen) atoms. The minimum Gasteiger partial charge on any atom is -0.373 e. The van der Waals surface area contributed by atoms with Crippen molar-refractivity contribution in [1.29, 1.82) is 0 Å². The smallest absolute Gasteiger partial charge is 0.0721 e. The Bertz CT molecular complexity index is 318. The van der Waals surface area contributed by atoms with E-state index in [9.17, 15) is 0 Å². The summed E-state index contributed by atoms with van der Waals surface area (Å²) in [6, 6.07) is 8.66. The first-order valence-electron chi connectivity index (χ1n) is 6.26. The number of hydrogen-bond acceptors (Lipinski definition) is 2. The van der Waals surface area contributed by atoms with E-state index in [1.807, 2.05) is 0 Å². The molecule has 0 bridgehead atoms. The van der Waals surface area contributed by atoms with Gasteiger partial charge in [-0.2, -0.15) is 0 Å². The second-order valence-corrected chi connectivity index (χ2v) is 4.25. The maximum absolute atomic E-state index is 5.40. The molecule has 2 heteroatoms. The zero-order valence-corrected chi connectivity index (χ0v) is 10.9. The molecule has 0 spiro atoms. The van der Waals surface area contributed by atoms with Gasteiger partial charge >= 0.3 is 0 Å². The molecule has 94 valence electrons. The SMILES string of the molecule is C=CCOCc1ccc(C(C)CNCC)cc1. The van der Waals surface area contributed by atoms with Gasteiger partial charge < -0.3 is 10.1 Å². The van der Waals surface area contributed by atoms with Crippen molar-refractivity contribution in [2.45, 2.75) is 26.4 Å². The lowest BCUT2D eigenvalue weighted by Gasteiger charge is -2.12. The molecule has 0 aliphatic carbocycles. The summed E-state index contributed by atoms with van der Waals surface area (Å²) in [6.07, 6.45) is 1.77. The van der Waals surface area contributed by atoms with Crippen molar-refractivity contribution in [1.82, 2.24) is 5.32 Å². The lowest BCUT2D eigenvalue weighted by Crippen LogP contribution is -2.19. The second kappa shape index (κ2) is 8.04. The minimum absolute atomic E-state index is 0.554. The summed E-state index contributed by atoms with van der Waals surface area (Å²) in [5.41, 5.74) is 2.59. The number of ether oxygens (including phenoxy) is 1. The van der Waals surface area contributed by atoms with Gasteiger partial charge in [-0.1, -0.05) is 44.2 Å². The first-order valence-corrected chi connectivity index (χ1v) is 6.26. The number of hydrogen-bond donors (Lipinski definition) is 1. The van der Waals surface area contributed by atoms with E-state index in [0.717, 1.165) is 13.1 Å². The molecule has 0 aromatic heterocycles. The Morgan fingerprint density at radius 3 is 2.65 bits per heavy atom. The Morgan fingerprint density at radius 2 is 2.06 bits per heavy atom. The molecule has 1 N–H and O–H groups in total. The molecule has 1 aromatic rings. The van der Waals surface area contributed by atoms with E-state index in [1.54, 1.807) is 6.08 Å². The third kappa shape index (κ3) is 5.16. The monoisotopic (exact) mass is 233 g/mol. The van der Waals surface area contributed by atoms with Crippen molar-refractivity contribution in [3.05, 3.63) is 48.0 Å². The van der Waals surface area contributed by atoms with Gasteiger partial charge in [-0.3, -0.25) is 0 Å². The molecule has 1 unspecified atom stereocenters. The van der Waals surface area contributed by atoms with Crippen LogP contribution in [0.15, 0.2) is 36.9 Å². The van der Waals surface area contributed by atoms with Crippen LogP contribution in [0.3, 0.4) is 0 Å². The van der Waals surface area contributed by atoms with Crippen LogP contribution < -0.4 is 5.32 Å². The predicted molar refractivity (Wildman–Crippen MR) is 73.3 cm³/mol. The van der Waals surface area contributed by atoms with Crippen molar-refractivity contribution in [3.63, 3.8) is 0 Å². The highest BCUT2D eigenvalue weighted by Gasteiger charge is 2.04. The summed E-state index contributed by atoms with van der Waals surface area (Å²) in [5.74, 6) is 0.554. The Labute approximate surface area is 105 Å². The molecule has 0 aliphatic rings. The van der Waals surface area contributed by atoms with Crippen LogP contribution in [-0.4, -0.2) is 19.7 Å². The molecule has 0 saturated carbocycles. The van der Waals surface area contributed by atoms with E-state index >= 15 is 0 Å². The molecule has 2 nitrogen and oxygen atoms in total. The molecule has 0 fully saturated rings. The molecule has 1 rings (SSSR count). The highest BCUT2D eigenvalue weighted by atomic mass is 16.5. The third-order valence-electron chi connectivity index (χ3n) is 2.75. The highest BCUT2D eigenvalue weighted by molar-refractivity contribution is 5.24. The van der Waals surface area contributed by atoms with Crippen molar-refractivity contribution in [2.75, 3.05) is 19.7 Å². The Balaban J connectivity index is 2.46. The second-order valence-electron chi connectivity index (χ2n) is 4.25. The van der Waals surface area contributed by atoms with Gasteiger partial charge in [0.1, 0.15) is 0 Å². The molecular formula is C15H23NO. The molecule has 0 amide bonds. The van der Waals surface area contributed by atoms with Gasteiger partial charge in [-0.25, -0.2) is 0 Å². The summed E-state index contributed by atoms with van der Waals surface area (Å²) >= 11 is 0. The van der Waals surface area contributed by atoms with Gasteiger partial charge in [0.05, 0.1) is 13.2 Å². The quantitative estimate of drug-likeness (QED) is 0.550. The highest BCUT2D eigenvalue weighted by Crippen LogP contribution is 2.15. The van der Waals surface area contributed by atoms with Crippen LogP contribution in [-0.2, 0) is 11.3 Å². The number of benzene rings is 1. The average molecular weight is 233 g/mol.